The summed E-state index contributed by atoms with van der Waals surface area (Å²) in [5, 5.41) is 27.6. The summed E-state index contributed by atoms with van der Waals surface area (Å²) < 4.78 is 12.8. The molecule has 4 heteroatoms. The summed E-state index contributed by atoms with van der Waals surface area (Å²) in [6.45, 7) is 3.16. The van der Waals surface area contributed by atoms with Crippen molar-refractivity contribution in [2.24, 2.45) is 0 Å². The zero-order valence-corrected chi connectivity index (χ0v) is 8.08. The van der Waals surface area contributed by atoms with Gasteiger partial charge in [-0.25, -0.2) is 4.39 Å². The van der Waals surface area contributed by atoms with Crippen LogP contribution in [0.5, 0.6) is 11.5 Å². The fourth-order valence-corrected chi connectivity index (χ4v) is 1.19. The lowest BCUT2D eigenvalue weighted by Gasteiger charge is -2.23. The molecule has 0 heterocycles. The number of phenols is 2. The van der Waals surface area contributed by atoms with E-state index in [4.69, 9.17) is 10.2 Å². The molecular weight excluding hydrogens is 187 g/mol. The van der Waals surface area contributed by atoms with Crippen molar-refractivity contribution in [3.63, 3.8) is 0 Å². The Balaban J connectivity index is 3.31. The maximum Gasteiger partial charge on any atom is 0.194 e. The second-order valence-corrected chi connectivity index (χ2v) is 3.83. The quantitative estimate of drug-likeness (QED) is 0.634. The van der Waals surface area contributed by atoms with Gasteiger partial charge < -0.3 is 15.3 Å². The molecule has 0 aliphatic carbocycles. The topological polar surface area (TPSA) is 60.7 Å². The number of hydrogen-bond donors (Lipinski definition) is 3. The Labute approximate surface area is 81.4 Å². The molecule has 0 aromatic heterocycles. The number of aromatic hydroxyl groups is 2. The smallest absolute Gasteiger partial charge is 0.194 e. The van der Waals surface area contributed by atoms with Crippen molar-refractivity contribution < 1.29 is 19.7 Å². The first-order valence-corrected chi connectivity index (χ1v) is 4.22. The van der Waals surface area contributed by atoms with Gasteiger partial charge in [0.2, 0.25) is 0 Å². The number of phenolic OH excluding ortho intramolecular Hbond substituents is 2. The molecule has 1 aromatic carbocycles. The van der Waals surface area contributed by atoms with E-state index in [2.05, 4.69) is 0 Å². The van der Waals surface area contributed by atoms with Gasteiger partial charge in [0.05, 0.1) is 6.61 Å². The van der Waals surface area contributed by atoms with E-state index >= 15 is 0 Å². The standard InChI is InChI=1S/C10H13FO3/c1-10(2,5-12)6-3-4-7(11)9(14)8(6)13/h3-4,12-14H,5H2,1-2H3. The predicted molar refractivity (Wildman–Crippen MR) is 49.8 cm³/mol. The predicted octanol–water partition coefficient (Wildman–Crippen LogP) is 1.51. The molecule has 1 rings (SSSR count). The first-order valence-electron chi connectivity index (χ1n) is 4.22. The molecule has 0 fully saturated rings. The van der Waals surface area contributed by atoms with Gasteiger partial charge in [0.1, 0.15) is 0 Å². The third kappa shape index (κ3) is 1.65. The number of hydrogen-bond acceptors (Lipinski definition) is 3. The molecule has 0 saturated carbocycles. The van der Waals surface area contributed by atoms with Crippen molar-refractivity contribution in [3.8, 4) is 11.5 Å². The first kappa shape index (κ1) is 10.8. The second kappa shape index (κ2) is 3.46. The number of halogens is 1. The summed E-state index contributed by atoms with van der Waals surface area (Å²) in [5.74, 6) is -2.16. The van der Waals surface area contributed by atoms with Gasteiger partial charge in [-0.3, -0.25) is 0 Å². The van der Waals surface area contributed by atoms with Gasteiger partial charge in [-0.1, -0.05) is 19.9 Å². The Morgan fingerprint density at radius 2 is 1.79 bits per heavy atom. The van der Waals surface area contributed by atoms with Gasteiger partial charge in [-0.2, -0.15) is 0 Å². The molecule has 3 nitrogen and oxygen atoms in total. The average Bonchev–Trinajstić information content (AvgIpc) is 2.14. The van der Waals surface area contributed by atoms with E-state index in [1.54, 1.807) is 13.8 Å². The van der Waals surface area contributed by atoms with Crippen LogP contribution >= 0.6 is 0 Å². The van der Waals surface area contributed by atoms with Crippen molar-refractivity contribution in [1.82, 2.24) is 0 Å². The largest absolute Gasteiger partial charge is 0.504 e. The van der Waals surface area contributed by atoms with E-state index in [1.165, 1.54) is 6.07 Å². The molecule has 0 spiro atoms. The third-order valence-electron chi connectivity index (χ3n) is 2.23. The number of benzene rings is 1. The van der Waals surface area contributed by atoms with E-state index in [1.807, 2.05) is 0 Å². The van der Waals surface area contributed by atoms with Crippen molar-refractivity contribution in [1.29, 1.82) is 0 Å². The van der Waals surface area contributed by atoms with Crippen molar-refractivity contribution in [3.05, 3.63) is 23.5 Å². The van der Waals surface area contributed by atoms with Crippen LogP contribution in [0.4, 0.5) is 4.39 Å². The van der Waals surface area contributed by atoms with Gasteiger partial charge in [-0.05, 0) is 6.07 Å². The molecule has 0 saturated heterocycles. The minimum Gasteiger partial charge on any atom is -0.504 e. The molecule has 0 unspecified atom stereocenters. The van der Waals surface area contributed by atoms with Gasteiger partial charge >= 0.3 is 0 Å². The van der Waals surface area contributed by atoms with Gasteiger partial charge in [0, 0.05) is 11.0 Å². The zero-order valence-electron chi connectivity index (χ0n) is 8.08. The highest BCUT2D eigenvalue weighted by atomic mass is 19.1. The zero-order chi connectivity index (χ0) is 10.9. The number of aliphatic hydroxyl groups excluding tert-OH is 1. The number of aliphatic hydroxyl groups is 1. The highest BCUT2D eigenvalue weighted by molar-refractivity contribution is 5.48. The summed E-state index contributed by atoms with van der Waals surface area (Å²) in [6, 6.07) is 2.41. The minimum atomic E-state index is -0.875. The second-order valence-electron chi connectivity index (χ2n) is 3.83. The Morgan fingerprint density at radius 3 is 2.29 bits per heavy atom. The SMILES string of the molecule is CC(C)(CO)c1ccc(F)c(O)c1O. The fourth-order valence-electron chi connectivity index (χ4n) is 1.19. The first-order chi connectivity index (χ1) is 6.40. The van der Waals surface area contributed by atoms with Crippen molar-refractivity contribution in [2.45, 2.75) is 19.3 Å². The lowest BCUT2D eigenvalue weighted by atomic mass is 9.85. The van der Waals surface area contributed by atoms with E-state index < -0.39 is 22.7 Å². The molecule has 0 aliphatic rings. The van der Waals surface area contributed by atoms with E-state index in [0.717, 1.165) is 6.07 Å². The summed E-state index contributed by atoms with van der Waals surface area (Å²) in [7, 11) is 0. The molecule has 0 aliphatic heterocycles. The van der Waals surface area contributed by atoms with Gasteiger partial charge in [-0.15, -0.1) is 0 Å². The minimum absolute atomic E-state index is 0.203. The monoisotopic (exact) mass is 200 g/mol. The van der Waals surface area contributed by atoms with Gasteiger partial charge in [0.25, 0.3) is 0 Å². The molecule has 0 atom stereocenters. The van der Waals surface area contributed by atoms with Crippen molar-refractivity contribution in [2.75, 3.05) is 6.61 Å². The van der Waals surface area contributed by atoms with E-state index in [0.29, 0.717) is 5.56 Å². The summed E-state index contributed by atoms with van der Waals surface area (Å²) in [4.78, 5) is 0. The molecule has 0 amide bonds. The van der Waals surface area contributed by atoms with E-state index in [-0.39, 0.29) is 6.61 Å². The van der Waals surface area contributed by atoms with Crippen LogP contribution in [0.3, 0.4) is 0 Å². The molecule has 0 bridgehead atoms. The van der Waals surface area contributed by atoms with Crippen LogP contribution in [0.25, 0.3) is 0 Å². The molecule has 78 valence electrons. The summed E-state index contributed by atoms with van der Waals surface area (Å²) >= 11 is 0. The maximum atomic E-state index is 12.8. The number of rotatable bonds is 2. The van der Waals surface area contributed by atoms with Gasteiger partial charge in [0.15, 0.2) is 17.3 Å². The van der Waals surface area contributed by atoms with Crippen LogP contribution in [-0.4, -0.2) is 21.9 Å². The normalized spacial score (nSPS) is 11.7. The lowest BCUT2D eigenvalue weighted by Crippen LogP contribution is -2.22. The molecule has 0 radical (unpaired) electrons. The van der Waals surface area contributed by atoms with Crippen molar-refractivity contribution >= 4 is 0 Å². The Hall–Kier alpha value is -1.29. The average molecular weight is 200 g/mol. The van der Waals surface area contributed by atoms with Crippen LogP contribution < -0.4 is 0 Å². The van der Waals surface area contributed by atoms with Crippen LogP contribution in [0, 0.1) is 5.82 Å². The summed E-state index contributed by atoms with van der Waals surface area (Å²) in [5.41, 5.74) is -0.395. The van der Waals surface area contributed by atoms with Crippen LogP contribution in [0.2, 0.25) is 0 Å². The van der Waals surface area contributed by atoms with Crippen LogP contribution in [0.15, 0.2) is 12.1 Å². The molecule has 14 heavy (non-hydrogen) atoms. The summed E-state index contributed by atoms with van der Waals surface area (Å²) in [6.07, 6.45) is 0. The van der Waals surface area contributed by atoms with E-state index in [9.17, 15) is 9.50 Å². The Kier molecular flexibility index (Phi) is 2.66. The lowest BCUT2D eigenvalue weighted by molar-refractivity contribution is 0.214. The van der Waals surface area contributed by atoms with Crippen LogP contribution in [-0.2, 0) is 5.41 Å². The third-order valence-corrected chi connectivity index (χ3v) is 2.23. The highest BCUT2D eigenvalue weighted by Crippen LogP contribution is 2.38. The molecule has 3 N–H and O–H groups in total. The molecule has 1 aromatic rings. The maximum absolute atomic E-state index is 12.8. The Bertz CT molecular complexity index is 347. The van der Waals surface area contributed by atoms with Crippen LogP contribution in [0.1, 0.15) is 19.4 Å². The molecular formula is C10H13FO3. The fraction of sp³-hybridized carbons (Fsp3) is 0.400. The highest BCUT2D eigenvalue weighted by Gasteiger charge is 2.25. The Morgan fingerprint density at radius 1 is 1.21 bits per heavy atom.